The van der Waals surface area contributed by atoms with Crippen LogP contribution in [0.15, 0.2) is 12.7 Å². The lowest BCUT2D eigenvalue weighted by Crippen LogP contribution is -2.52. The molecule has 0 N–H and O–H groups in total. The summed E-state index contributed by atoms with van der Waals surface area (Å²) in [4.78, 5) is 14.1. The van der Waals surface area contributed by atoms with E-state index in [1.807, 2.05) is 48.5 Å². The van der Waals surface area contributed by atoms with Crippen molar-refractivity contribution in [2.24, 2.45) is 0 Å². The Morgan fingerprint density at radius 1 is 1.33 bits per heavy atom. The van der Waals surface area contributed by atoms with E-state index in [0.717, 1.165) is 0 Å². The van der Waals surface area contributed by atoms with Gasteiger partial charge >= 0.3 is 13.2 Å². The van der Waals surface area contributed by atoms with Gasteiger partial charge < -0.3 is 14.0 Å². The van der Waals surface area contributed by atoms with Crippen LogP contribution in [0.3, 0.4) is 0 Å². The lowest BCUT2D eigenvalue weighted by Gasteiger charge is -2.33. The highest BCUT2D eigenvalue weighted by atomic mass is 16.7. The molecule has 0 saturated carbocycles. The molecule has 1 rings (SSSR count). The average molecular weight is 335 g/mol. The summed E-state index contributed by atoms with van der Waals surface area (Å²) in [5, 5.41) is 0. The van der Waals surface area contributed by atoms with Crippen molar-refractivity contribution >= 4 is 13.2 Å². The number of terminal acetylenes is 1. The van der Waals surface area contributed by atoms with Crippen LogP contribution >= 0.6 is 0 Å². The third-order valence-corrected chi connectivity index (χ3v) is 4.28. The molecule has 1 aliphatic rings. The third kappa shape index (κ3) is 4.78. The molecule has 0 aliphatic carbocycles. The molecule has 24 heavy (non-hydrogen) atoms. The van der Waals surface area contributed by atoms with Crippen LogP contribution < -0.4 is 0 Å². The normalized spacial score (nSPS) is 20.2. The highest BCUT2D eigenvalue weighted by Crippen LogP contribution is 2.38. The highest BCUT2D eigenvalue weighted by Gasteiger charge is 2.55. The van der Waals surface area contributed by atoms with Crippen LogP contribution in [0.25, 0.3) is 0 Å². The van der Waals surface area contributed by atoms with Gasteiger partial charge in [0.25, 0.3) is 0 Å². The maximum Gasteiger partial charge on any atom is 0.482 e. The number of nitrogens with zero attached hydrogens (tertiary/aromatic N) is 1. The molecule has 0 aromatic heterocycles. The Balaban J connectivity index is 3.09. The summed E-state index contributed by atoms with van der Waals surface area (Å²) in [6.45, 7) is 17.2. The van der Waals surface area contributed by atoms with Crippen molar-refractivity contribution in [3.8, 4) is 12.3 Å². The molecular formula is C18H30BNO4. The maximum absolute atomic E-state index is 12.6. The van der Waals surface area contributed by atoms with Crippen molar-refractivity contribution in [1.29, 1.82) is 0 Å². The van der Waals surface area contributed by atoms with Gasteiger partial charge in [0.15, 0.2) is 0 Å². The van der Waals surface area contributed by atoms with E-state index in [1.54, 1.807) is 6.08 Å². The van der Waals surface area contributed by atoms with Gasteiger partial charge in [-0.05, 0) is 54.9 Å². The zero-order valence-corrected chi connectivity index (χ0v) is 16.0. The molecule has 0 bridgehead atoms. The van der Waals surface area contributed by atoms with Gasteiger partial charge in [0.05, 0.1) is 23.7 Å². The van der Waals surface area contributed by atoms with Crippen LogP contribution in [-0.2, 0) is 14.0 Å². The first kappa shape index (κ1) is 20.6. The first-order valence-electron chi connectivity index (χ1n) is 8.24. The zero-order chi connectivity index (χ0) is 18.8. The molecular weight excluding hydrogens is 305 g/mol. The van der Waals surface area contributed by atoms with E-state index in [2.05, 4.69) is 12.5 Å². The summed E-state index contributed by atoms with van der Waals surface area (Å²) in [5.74, 6) is 2.11. The van der Waals surface area contributed by atoms with Crippen molar-refractivity contribution in [3.05, 3.63) is 12.7 Å². The number of carbonyl (C=O) groups is 1. The summed E-state index contributed by atoms with van der Waals surface area (Å²) >= 11 is 0. The predicted octanol–water partition coefficient (Wildman–Crippen LogP) is 3.43. The van der Waals surface area contributed by atoms with E-state index in [0.29, 0.717) is 6.42 Å². The number of ether oxygens (including phenoxy) is 1. The minimum absolute atomic E-state index is 0.109. The molecule has 1 saturated heterocycles. The lowest BCUT2D eigenvalue weighted by atomic mass is 9.75. The molecule has 1 unspecified atom stereocenters. The second kappa shape index (κ2) is 7.20. The van der Waals surface area contributed by atoms with Gasteiger partial charge in [0, 0.05) is 0 Å². The largest absolute Gasteiger partial charge is 0.482 e. The fourth-order valence-electron chi connectivity index (χ4n) is 2.34. The maximum atomic E-state index is 12.6. The summed E-state index contributed by atoms with van der Waals surface area (Å²) in [7, 11) is -0.603. The fraction of sp³-hybridized carbons (Fsp3) is 0.722. The number of carbonyl (C=O) groups excluding carboxylic acids is 1. The Bertz CT molecular complexity index is 500. The SMILES string of the molecule is C#CCN(C(=O)OC(C)(C)C)C(CC=C)B1OC(C)(C)C(C)(C)O1. The number of hydrogen-bond acceptors (Lipinski definition) is 4. The monoisotopic (exact) mass is 335 g/mol. The van der Waals surface area contributed by atoms with Gasteiger partial charge in [-0.3, -0.25) is 4.90 Å². The smallest absolute Gasteiger partial charge is 0.444 e. The zero-order valence-electron chi connectivity index (χ0n) is 16.0. The Morgan fingerprint density at radius 2 is 1.83 bits per heavy atom. The molecule has 1 amide bonds. The molecule has 1 atom stereocenters. The molecule has 5 nitrogen and oxygen atoms in total. The molecule has 0 spiro atoms. The van der Waals surface area contributed by atoms with Gasteiger partial charge in [-0.15, -0.1) is 13.0 Å². The second-order valence-corrected chi connectivity index (χ2v) is 8.03. The minimum Gasteiger partial charge on any atom is -0.444 e. The number of rotatable bonds is 5. The van der Waals surface area contributed by atoms with Crippen molar-refractivity contribution in [2.45, 2.75) is 77.6 Å². The summed E-state index contributed by atoms with van der Waals surface area (Å²) in [6, 6.07) is 0. The van der Waals surface area contributed by atoms with Gasteiger partial charge in [-0.2, -0.15) is 0 Å². The van der Waals surface area contributed by atoms with Gasteiger partial charge in [-0.25, -0.2) is 4.79 Å². The average Bonchev–Trinajstić information content (AvgIpc) is 2.60. The van der Waals surface area contributed by atoms with Gasteiger partial charge in [-0.1, -0.05) is 12.0 Å². The molecule has 0 aromatic rings. The first-order valence-corrected chi connectivity index (χ1v) is 8.24. The quantitative estimate of drug-likeness (QED) is 0.439. The van der Waals surface area contributed by atoms with Crippen molar-refractivity contribution < 1.29 is 18.8 Å². The van der Waals surface area contributed by atoms with Gasteiger partial charge in [0.2, 0.25) is 0 Å². The fourth-order valence-corrected chi connectivity index (χ4v) is 2.34. The molecule has 134 valence electrons. The number of amides is 1. The van der Waals surface area contributed by atoms with Gasteiger partial charge in [0.1, 0.15) is 5.60 Å². The first-order chi connectivity index (χ1) is 10.8. The van der Waals surface area contributed by atoms with Crippen molar-refractivity contribution in [2.75, 3.05) is 6.54 Å². The number of hydrogen-bond donors (Lipinski definition) is 0. The molecule has 1 aliphatic heterocycles. The molecule has 6 heteroatoms. The molecule has 1 fully saturated rings. The van der Waals surface area contributed by atoms with Crippen LogP contribution in [-0.4, -0.2) is 47.4 Å². The summed E-state index contributed by atoms with van der Waals surface area (Å²) in [6.07, 6.45) is 7.19. The molecule has 1 heterocycles. The van der Waals surface area contributed by atoms with E-state index >= 15 is 0 Å². The molecule has 0 aromatic carbocycles. The van der Waals surface area contributed by atoms with Crippen LogP contribution in [0, 0.1) is 12.3 Å². The Morgan fingerprint density at radius 3 is 2.21 bits per heavy atom. The van der Waals surface area contributed by atoms with Crippen LogP contribution in [0.5, 0.6) is 0 Å². The predicted molar refractivity (Wildman–Crippen MR) is 96.5 cm³/mol. The standard InChI is InChI=1S/C18H30BNO4/c1-10-12-14(19-23-17(6,7)18(8,9)24-19)20(13-11-2)15(21)22-16(3,4)5/h2,10,14H,1,12-13H2,3-9H3. The van der Waals surface area contributed by atoms with Crippen LogP contribution in [0.4, 0.5) is 4.79 Å². The van der Waals surface area contributed by atoms with E-state index in [4.69, 9.17) is 20.5 Å². The Labute approximate surface area is 146 Å². The Hall–Kier alpha value is -1.45. The van der Waals surface area contributed by atoms with Crippen LogP contribution in [0.2, 0.25) is 0 Å². The minimum atomic E-state index is -0.613. The summed E-state index contributed by atoms with van der Waals surface area (Å²) < 4.78 is 17.7. The topological polar surface area (TPSA) is 48.0 Å². The van der Waals surface area contributed by atoms with E-state index < -0.39 is 36.0 Å². The molecule has 0 radical (unpaired) electrons. The van der Waals surface area contributed by atoms with Crippen LogP contribution in [0.1, 0.15) is 54.9 Å². The third-order valence-electron chi connectivity index (χ3n) is 4.28. The van der Waals surface area contributed by atoms with Crippen molar-refractivity contribution in [1.82, 2.24) is 4.90 Å². The van der Waals surface area contributed by atoms with E-state index in [-0.39, 0.29) is 6.54 Å². The van der Waals surface area contributed by atoms with E-state index in [1.165, 1.54) is 4.90 Å². The second-order valence-electron chi connectivity index (χ2n) is 8.03. The van der Waals surface area contributed by atoms with Crippen molar-refractivity contribution in [3.63, 3.8) is 0 Å². The highest BCUT2D eigenvalue weighted by molar-refractivity contribution is 6.48. The van der Waals surface area contributed by atoms with E-state index in [9.17, 15) is 4.79 Å². The lowest BCUT2D eigenvalue weighted by molar-refractivity contribution is 0.00578. The summed E-state index contributed by atoms with van der Waals surface area (Å²) in [5.41, 5.74) is -1.60. The Kier molecular flexibility index (Phi) is 6.18.